The highest BCUT2D eigenvalue weighted by molar-refractivity contribution is 5.59. The number of rotatable bonds is 5. The fourth-order valence-corrected chi connectivity index (χ4v) is 4.04. The van der Waals surface area contributed by atoms with Crippen molar-refractivity contribution >= 4 is 0 Å². The van der Waals surface area contributed by atoms with E-state index in [1.807, 2.05) is 12.1 Å². The topological polar surface area (TPSA) is 49.5 Å². The molecule has 4 nitrogen and oxygen atoms in total. The van der Waals surface area contributed by atoms with Crippen LogP contribution in [0, 0.1) is 12.8 Å². The highest BCUT2D eigenvalue weighted by Crippen LogP contribution is 2.33. The van der Waals surface area contributed by atoms with Crippen LogP contribution in [0.25, 0.3) is 11.3 Å². The summed E-state index contributed by atoms with van der Waals surface area (Å²) in [6.45, 7) is 4.89. The van der Waals surface area contributed by atoms with Gasteiger partial charge in [-0.25, -0.2) is 0 Å². The van der Waals surface area contributed by atoms with Crippen LogP contribution in [0.5, 0.6) is 0 Å². The smallest absolute Gasteiger partial charge is 0.151 e. The largest absolute Gasteiger partial charge is 0.396 e. The standard InChI is InChI=1S/C23H26N2O2/c1-17-7-9-19(10-8-17)23-13-21(27-24-23)15-25-12-11-22(20(14-25)16-26)18-5-3-2-4-6-18/h2-10,13,20,22,26H,11-12,14-16H2,1H3/t20-,22+/m1/s1. The second kappa shape index (κ2) is 8.07. The van der Waals surface area contributed by atoms with Crippen molar-refractivity contribution in [2.24, 2.45) is 5.92 Å². The first-order valence-corrected chi connectivity index (χ1v) is 9.63. The molecule has 0 saturated carbocycles. The number of piperidine rings is 1. The summed E-state index contributed by atoms with van der Waals surface area (Å²) in [5.74, 6) is 1.55. The van der Waals surface area contributed by atoms with Crippen LogP contribution in [0.4, 0.5) is 0 Å². The Morgan fingerprint density at radius 2 is 1.89 bits per heavy atom. The summed E-state index contributed by atoms with van der Waals surface area (Å²) in [7, 11) is 0. The molecule has 0 amide bonds. The Bertz CT molecular complexity index is 858. The summed E-state index contributed by atoms with van der Waals surface area (Å²) < 4.78 is 5.58. The number of hydrogen-bond acceptors (Lipinski definition) is 4. The molecule has 140 valence electrons. The van der Waals surface area contributed by atoms with E-state index in [0.717, 1.165) is 43.1 Å². The molecular formula is C23H26N2O2. The van der Waals surface area contributed by atoms with Gasteiger partial charge < -0.3 is 9.63 Å². The van der Waals surface area contributed by atoms with E-state index in [1.165, 1.54) is 11.1 Å². The molecule has 3 aromatic rings. The van der Waals surface area contributed by atoms with Crippen LogP contribution in [0.1, 0.15) is 29.2 Å². The van der Waals surface area contributed by atoms with Crippen molar-refractivity contribution in [1.82, 2.24) is 10.1 Å². The Kier molecular flexibility index (Phi) is 5.37. The number of nitrogens with zero attached hydrogens (tertiary/aromatic N) is 2. The number of likely N-dealkylation sites (tertiary alicyclic amines) is 1. The lowest BCUT2D eigenvalue weighted by Gasteiger charge is -2.37. The highest BCUT2D eigenvalue weighted by atomic mass is 16.5. The molecule has 0 radical (unpaired) electrons. The molecule has 4 heteroatoms. The molecule has 0 bridgehead atoms. The lowest BCUT2D eigenvalue weighted by Crippen LogP contribution is -2.40. The normalized spacial score (nSPS) is 20.7. The van der Waals surface area contributed by atoms with Gasteiger partial charge in [-0.15, -0.1) is 0 Å². The van der Waals surface area contributed by atoms with Crippen LogP contribution in [0.3, 0.4) is 0 Å². The van der Waals surface area contributed by atoms with E-state index in [2.05, 4.69) is 65.5 Å². The minimum Gasteiger partial charge on any atom is -0.396 e. The summed E-state index contributed by atoms with van der Waals surface area (Å²) in [6, 6.07) is 20.9. The third-order valence-corrected chi connectivity index (χ3v) is 5.57. The number of hydrogen-bond donors (Lipinski definition) is 1. The van der Waals surface area contributed by atoms with Gasteiger partial charge in [-0.2, -0.15) is 0 Å². The van der Waals surface area contributed by atoms with Gasteiger partial charge in [0.15, 0.2) is 5.76 Å². The molecule has 2 heterocycles. The summed E-state index contributed by atoms with van der Waals surface area (Å²) in [5, 5.41) is 14.2. The number of benzene rings is 2. The van der Waals surface area contributed by atoms with Gasteiger partial charge in [-0.05, 0) is 31.4 Å². The summed E-state index contributed by atoms with van der Waals surface area (Å²) in [6.07, 6.45) is 1.05. The van der Waals surface area contributed by atoms with Crippen molar-refractivity contribution in [3.8, 4) is 11.3 Å². The first-order valence-electron chi connectivity index (χ1n) is 9.63. The molecule has 0 aliphatic carbocycles. The van der Waals surface area contributed by atoms with Crippen molar-refractivity contribution < 1.29 is 9.63 Å². The predicted octanol–water partition coefficient (Wildman–Crippen LogP) is 4.25. The molecule has 1 saturated heterocycles. The van der Waals surface area contributed by atoms with Crippen molar-refractivity contribution in [3.63, 3.8) is 0 Å². The molecule has 1 fully saturated rings. The molecule has 4 rings (SSSR count). The molecule has 2 aromatic carbocycles. The molecule has 0 spiro atoms. The summed E-state index contributed by atoms with van der Waals surface area (Å²) >= 11 is 0. The molecule has 1 N–H and O–H groups in total. The summed E-state index contributed by atoms with van der Waals surface area (Å²) in [4.78, 5) is 2.36. The molecule has 1 aromatic heterocycles. The van der Waals surface area contributed by atoms with Crippen LogP contribution in [-0.2, 0) is 6.54 Å². The molecular weight excluding hydrogens is 336 g/mol. The van der Waals surface area contributed by atoms with E-state index in [1.54, 1.807) is 0 Å². The van der Waals surface area contributed by atoms with E-state index in [4.69, 9.17) is 4.52 Å². The number of aliphatic hydroxyl groups is 1. The average Bonchev–Trinajstić information content (AvgIpc) is 3.17. The minimum atomic E-state index is 0.209. The van der Waals surface area contributed by atoms with E-state index in [9.17, 15) is 5.11 Å². The Balaban J connectivity index is 1.41. The molecule has 2 atom stereocenters. The first-order chi connectivity index (χ1) is 13.2. The maximum absolute atomic E-state index is 9.92. The van der Waals surface area contributed by atoms with Gasteiger partial charge in [-0.1, -0.05) is 65.3 Å². The fraction of sp³-hybridized carbons (Fsp3) is 0.348. The van der Waals surface area contributed by atoms with Crippen LogP contribution < -0.4 is 0 Å². The van der Waals surface area contributed by atoms with Gasteiger partial charge in [0.2, 0.25) is 0 Å². The van der Waals surface area contributed by atoms with E-state index < -0.39 is 0 Å². The van der Waals surface area contributed by atoms with Gasteiger partial charge in [0.1, 0.15) is 5.69 Å². The zero-order valence-electron chi connectivity index (χ0n) is 15.7. The monoisotopic (exact) mass is 362 g/mol. The third kappa shape index (κ3) is 4.12. The van der Waals surface area contributed by atoms with Crippen LogP contribution >= 0.6 is 0 Å². The van der Waals surface area contributed by atoms with E-state index >= 15 is 0 Å². The van der Waals surface area contributed by atoms with Gasteiger partial charge in [0.05, 0.1) is 6.54 Å². The van der Waals surface area contributed by atoms with Crippen LogP contribution in [0.2, 0.25) is 0 Å². The van der Waals surface area contributed by atoms with E-state index in [-0.39, 0.29) is 12.5 Å². The molecule has 1 aliphatic rings. The quantitative estimate of drug-likeness (QED) is 0.737. The van der Waals surface area contributed by atoms with Crippen molar-refractivity contribution in [3.05, 3.63) is 77.6 Å². The highest BCUT2D eigenvalue weighted by Gasteiger charge is 2.30. The van der Waals surface area contributed by atoms with Gasteiger partial charge in [0.25, 0.3) is 0 Å². The Labute approximate surface area is 160 Å². The number of aromatic nitrogens is 1. The third-order valence-electron chi connectivity index (χ3n) is 5.57. The molecule has 0 unspecified atom stereocenters. The average molecular weight is 362 g/mol. The second-order valence-electron chi connectivity index (χ2n) is 7.53. The molecule has 1 aliphatic heterocycles. The number of aryl methyl sites for hydroxylation is 1. The summed E-state index contributed by atoms with van der Waals surface area (Å²) in [5.41, 5.74) is 4.52. The zero-order valence-corrected chi connectivity index (χ0v) is 15.7. The number of aliphatic hydroxyl groups excluding tert-OH is 1. The maximum atomic E-state index is 9.92. The van der Waals surface area contributed by atoms with E-state index in [0.29, 0.717) is 5.92 Å². The van der Waals surface area contributed by atoms with Gasteiger partial charge in [-0.3, -0.25) is 4.90 Å². The van der Waals surface area contributed by atoms with Crippen molar-refractivity contribution in [2.75, 3.05) is 19.7 Å². The fourth-order valence-electron chi connectivity index (χ4n) is 4.04. The Morgan fingerprint density at radius 1 is 1.11 bits per heavy atom. The van der Waals surface area contributed by atoms with Crippen LogP contribution in [-0.4, -0.2) is 34.9 Å². The van der Waals surface area contributed by atoms with Crippen molar-refractivity contribution in [1.29, 1.82) is 0 Å². The van der Waals surface area contributed by atoms with Crippen molar-refractivity contribution in [2.45, 2.75) is 25.8 Å². The predicted molar refractivity (Wildman–Crippen MR) is 106 cm³/mol. The van der Waals surface area contributed by atoms with Gasteiger partial charge >= 0.3 is 0 Å². The van der Waals surface area contributed by atoms with Crippen LogP contribution in [0.15, 0.2) is 65.2 Å². The first kappa shape index (κ1) is 18.0. The minimum absolute atomic E-state index is 0.209. The lowest BCUT2D eigenvalue weighted by molar-refractivity contribution is 0.0909. The second-order valence-corrected chi connectivity index (χ2v) is 7.53. The maximum Gasteiger partial charge on any atom is 0.151 e. The Morgan fingerprint density at radius 3 is 2.63 bits per heavy atom. The zero-order chi connectivity index (χ0) is 18.6. The SMILES string of the molecule is Cc1ccc(-c2cc(CN3CC[C@@H](c4ccccc4)[C@@H](CO)C3)on2)cc1. The van der Waals surface area contributed by atoms with Gasteiger partial charge in [0, 0.05) is 30.7 Å². The molecule has 27 heavy (non-hydrogen) atoms. The lowest BCUT2D eigenvalue weighted by atomic mass is 9.81. The Hall–Kier alpha value is -2.43.